The second-order valence-electron chi connectivity index (χ2n) is 3.34. The fraction of sp³-hybridized carbons (Fsp3) is 0.300. The van der Waals surface area contributed by atoms with Crippen molar-refractivity contribution in [2.24, 2.45) is 5.92 Å². The molecule has 14 heavy (non-hydrogen) atoms. The summed E-state index contributed by atoms with van der Waals surface area (Å²) in [7, 11) is 0. The number of alkyl halides is 2. The molecule has 1 fully saturated rings. The summed E-state index contributed by atoms with van der Waals surface area (Å²) in [4.78, 5) is 11.0. The number of hydrogen-bond acceptors (Lipinski definition) is 1. The molecule has 0 amide bonds. The molecular weight excluding hydrogens is 242 g/mol. The fourth-order valence-electron chi connectivity index (χ4n) is 1.68. The first-order valence-electron chi connectivity index (χ1n) is 4.17. The van der Waals surface area contributed by atoms with Gasteiger partial charge in [0.1, 0.15) is 4.33 Å². The lowest BCUT2D eigenvalue weighted by Crippen LogP contribution is -1.96. The fourth-order valence-corrected chi connectivity index (χ4v) is 2.92. The second-order valence-corrected chi connectivity index (χ2v) is 5.16. The van der Waals surface area contributed by atoms with Crippen molar-refractivity contribution in [2.75, 3.05) is 0 Å². The molecular formula is C10H7Cl3O. The van der Waals surface area contributed by atoms with Gasteiger partial charge in [-0.2, -0.15) is 0 Å². The Hall–Kier alpha value is -0.240. The molecule has 0 unspecified atom stereocenters. The minimum atomic E-state index is -1.03. The van der Waals surface area contributed by atoms with Gasteiger partial charge in [0.2, 0.25) is 5.24 Å². The first kappa shape index (κ1) is 10.3. The number of benzene rings is 1. The first-order chi connectivity index (χ1) is 6.55. The van der Waals surface area contributed by atoms with Crippen LogP contribution in [-0.4, -0.2) is 9.58 Å². The highest BCUT2D eigenvalue weighted by atomic mass is 35.5. The van der Waals surface area contributed by atoms with Crippen LogP contribution in [0.3, 0.4) is 0 Å². The zero-order valence-electron chi connectivity index (χ0n) is 7.08. The Balaban J connectivity index is 2.28. The van der Waals surface area contributed by atoms with Crippen LogP contribution in [0.15, 0.2) is 30.3 Å². The van der Waals surface area contributed by atoms with Gasteiger partial charge in [-0.05, 0) is 17.2 Å². The molecule has 0 bridgehead atoms. The zero-order chi connectivity index (χ0) is 10.3. The molecule has 1 aliphatic carbocycles. The molecule has 1 aromatic carbocycles. The highest BCUT2D eigenvalue weighted by Crippen LogP contribution is 2.65. The van der Waals surface area contributed by atoms with E-state index in [1.54, 1.807) is 0 Å². The Kier molecular flexibility index (Phi) is 2.50. The summed E-state index contributed by atoms with van der Waals surface area (Å²) in [5, 5.41) is -0.469. The zero-order valence-corrected chi connectivity index (χ0v) is 9.35. The van der Waals surface area contributed by atoms with E-state index in [0.717, 1.165) is 5.56 Å². The Morgan fingerprint density at radius 2 is 1.79 bits per heavy atom. The molecule has 2 rings (SSSR count). The summed E-state index contributed by atoms with van der Waals surface area (Å²) in [5.41, 5.74) is 0.955. The Bertz CT molecular complexity index is 361. The third kappa shape index (κ3) is 1.54. The smallest absolute Gasteiger partial charge is 0.228 e. The predicted octanol–water partition coefficient (Wildman–Crippen LogP) is 3.34. The third-order valence-electron chi connectivity index (χ3n) is 2.46. The molecule has 0 aromatic heterocycles. The van der Waals surface area contributed by atoms with E-state index in [1.807, 2.05) is 30.3 Å². The van der Waals surface area contributed by atoms with Gasteiger partial charge in [-0.1, -0.05) is 30.3 Å². The lowest BCUT2D eigenvalue weighted by molar-refractivity contribution is -0.112. The van der Waals surface area contributed by atoms with E-state index in [2.05, 4.69) is 0 Å². The summed E-state index contributed by atoms with van der Waals surface area (Å²) in [5.74, 6) is -0.646. The molecule has 4 heteroatoms. The van der Waals surface area contributed by atoms with E-state index in [-0.39, 0.29) is 5.92 Å². The monoisotopic (exact) mass is 248 g/mol. The van der Waals surface area contributed by atoms with Crippen molar-refractivity contribution >= 4 is 40.0 Å². The highest BCUT2D eigenvalue weighted by molar-refractivity contribution is 6.68. The van der Waals surface area contributed by atoms with Crippen molar-refractivity contribution in [3.63, 3.8) is 0 Å². The number of hydrogen-bond donors (Lipinski definition) is 0. The van der Waals surface area contributed by atoms with Crippen LogP contribution in [0.25, 0.3) is 0 Å². The van der Waals surface area contributed by atoms with Gasteiger partial charge in [0.25, 0.3) is 0 Å². The Morgan fingerprint density at radius 3 is 2.21 bits per heavy atom. The van der Waals surface area contributed by atoms with Crippen LogP contribution in [0.2, 0.25) is 0 Å². The van der Waals surface area contributed by atoms with Crippen molar-refractivity contribution in [3.05, 3.63) is 35.9 Å². The largest absolute Gasteiger partial charge is 0.281 e. The number of carbonyl (C=O) groups is 1. The van der Waals surface area contributed by atoms with Gasteiger partial charge in [-0.15, -0.1) is 23.2 Å². The van der Waals surface area contributed by atoms with Crippen molar-refractivity contribution in [3.8, 4) is 0 Å². The molecule has 0 radical (unpaired) electrons. The lowest BCUT2D eigenvalue weighted by Gasteiger charge is -1.97. The molecule has 2 atom stereocenters. The predicted molar refractivity (Wildman–Crippen MR) is 58.0 cm³/mol. The van der Waals surface area contributed by atoms with Gasteiger partial charge in [-0.25, -0.2) is 0 Å². The molecule has 0 N–H and O–H groups in total. The molecule has 1 aromatic rings. The van der Waals surface area contributed by atoms with Crippen LogP contribution in [0.4, 0.5) is 0 Å². The van der Waals surface area contributed by atoms with E-state index < -0.39 is 15.5 Å². The maximum atomic E-state index is 11.0. The first-order valence-corrected chi connectivity index (χ1v) is 5.30. The Morgan fingerprint density at radius 1 is 1.21 bits per heavy atom. The highest BCUT2D eigenvalue weighted by Gasteiger charge is 2.67. The molecule has 0 heterocycles. The average Bonchev–Trinajstić information content (AvgIpc) is 2.71. The third-order valence-corrected chi connectivity index (χ3v) is 3.63. The van der Waals surface area contributed by atoms with Crippen LogP contribution < -0.4 is 0 Å². The van der Waals surface area contributed by atoms with E-state index in [9.17, 15) is 4.79 Å². The normalized spacial score (nSPS) is 28.5. The van der Waals surface area contributed by atoms with Gasteiger partial charge < -0.3 is 0 Å². The quantitative estimate of drug-likeness (QED) is 0.580. The van der Waals surface area contributed by atoms with Crippen molar-refractivity contribution in [1.82, 2.24) is 0 Å². The van der Waals surface area contributed by atoms with Crippen LogP contribution in [-0.2, 0) is 4.79 Å². The number of carbonyl (C=O) groups excluding carboxylic acids is 1. The minimum Gasteiger partial charge on any atom is -0.281 e. The topological polar surface area (TPSA) is 17.1 Å². The molecule has 0 saturated heterocycles. The SMILES string of the molecule is O=C(Cl)[C@H]1[C@H](c2ccccc2)C1(Cl)Cl. The lowest BCUT2D eigenvalue weighted by atomic mass is 10.1. The van der Waals surface area contributed by atoms with E-state index in [4.69, 9.17) is 34.8 Å². The number of rotatable bonds is 2. The summed E-state index contributed by atoms with van der Waals surface area (Å²) in [6, 6.07) is 9.45. The van der Waals surface area contributed by atoms with E-state index in [0.29, 0.717) is 0 Å². The van der Waals surface area contributed by atoms with Gasteiger partial charge in [0.15, 0.2) is 0 Å². The minimum absolute atomic E-state index is 0.169. The molecule has 0 spiro atoms. The maximum Gasteiger partial charge on any atom is 0.228 e. The van der Waals surface area contributed by atoms with Crippen LogP contribution >= 0.6 is 34.8 Å². The standard InChI is InChI=1S/C10H7Cl3O/c11-9(14)8-7(10(8,12)13)6-4-2-1-3-5-6/h1-5,7-8H/t7-,8+/m0/s1. The summed E-state index contributed by atoms with van der Waals surface area (Å²) >= 11 is 17.3. The molecule has 0 aliphatic heterocycles. The second kappa shape index (κ2) is 3.41. The molecule has 1 aliphatic rings. The Labute approximate surface area is 97.0 Å². The van der Waals surface area contributed by atoms with Crippen molar-refractivity contribution in [1.29, 1.82) is 0 Å². The van der Waals surface area contributed by atoms with Gasteiger partial charge >= 0.3 is 0 Å². The molecule has 74 valence electrons. The van der Waals surface area contributed by atoms with Gasteiger partial charge in [0, 0.05) is 5.92 Å². The molecule has 1 saturated carbocycles. The average molecular weight is 250 g/mol. The summed E-state index contributed by atoms with van der Waals surface area (Å²) in [6.45, 7) is 0. The van der Waals surface area contributed by atoms with E-state index in [1.165, 1.54) is 0 Å². The van der Waals surface area contributed by atoms with E-state index >= 15 is 0 Å². The van der Waals surface area contributed by atoms with Gasteiger partial charge in [0.05, 0.1) is 5.92 Å². The summed E-state index contributed by atoms with van der Waals surface area (Å²) in [6.07, 6.45) is 0. The van der Waals surface area contributed by atoms with Crippen LogP contribution in [0.5, 0.6) is 0 Å². The number of halogens is 3. The van der Waals surface area contributed by atoms with Gasteiger partial charge in [-0.3, -0.25) is 4.79 Å². The van der Waals surface area contributed by atoms with Crippen molar-refractivity contribution < 1.29 is 4.79 Å². The molecule has 1 nitrogen and oxygen atoms in total. The summed E-state index contributed by atoms with van der Waals surface area (Å²) < 4.78 is -1.03. The van der Waals surface area contributed by atoms with Crippen LogP contribution in [0.1, 0.15) is 11.5 Å². The van der Waals surface area contributed by atoms with Crippen molar-refractivity contribution in [2.45, 2.75) is 10.3 Å². The maximum absolute atomic E-state index is 11.0. The van der Waals surface area contributed by atoms with Crippen LogP contribution in [0, 0.1) is 5.92 Å².